The molecule has 1 aromatic carbocycles. The van der Waals surface area contributed by atoms with Crippen LogP contribution in [-0.2, 0) is 0 Å². The Kier molecular flexibility index (Phi) is 3.84. The summed E-state index contributed by atoms with van der Waals surface area (Å²) in [5.41, 5.74) is 6.94. The molecule has 0 radical (unpaired) electrons. The fourth-order valence-electron chi connectivity index (χ4n) is 1.37. The number of hydrogen-bond acceptors (Lipinski definition) is 3. The molecule has 1 heterocycles. The molecule has 0 saturated carbocycles. The van der Waals surface area contributed by atoms with Gasteiger partial charge in [0.15, 0.2) is 0 Å². The molecule has 1 aromatic heterocycles. The second kappa shape index (κ2) is 5.37. The highest BCUT2D eigenvalue weighted by Crippen LogP contribution is 2.18. The molecule has 0 bridgehead atoms. The number of nitrogens with zero attached hydrogens (tertiary/aromatic N) is 1. The van der Waals surface area contributed by atoms with E-state index in [1.165, 1.54) is 12.3 Å². The Morgan fingerprint density at radius 1 is 1.33 bits per heavy atom. The van der Waals surface area contributed by atoms with Crippen molar-refractivity contribution in [2.45, 2.75) is 0 Å². The second-order valence-electron chi connectivity index (χ2n) is 3.56. The van der Waals surface area contributed by atoms with E-state index in [9.17, 15) is 4.79 Å². The first-order valence-electron chi connectivity index (χ1n) is 5.04. The summed E-state index contributed by atoms with van der Waals surface area (Å²) in [6.45, 7) is 0. The Hall–Kier alpha value is -1.59. The zero-order chi connectivity index (χ0) is 13.1. The average Bonchev–Trinajstić information content (AvgIpc) is 2.35. The Morgan fingerprint density at radius 3 is 2.67 bits per heavy atom. The number of nitrogen functional groups attached to an aromatic ring is 1. The third kappa shape index (κ3) is 3.00. The van der Waals surface area contributed by atoms with Crippen LogP contribution in [0.3, 0.4) is 0 Å². The minimum atomic E-state index is -0.320. The summed E-state index contributed by atoms with van der Waals surface area (Å²) >= 11 is 9.05. The molecule has 0 saturated heterocycles. The Balaban J connectivity index is 2.21. The molecule has 1 amide bonds. The molecule has 0 atom stereocenters. The maximum absolute atomic E-state index is 12.0. The number of carbonyl (C=O) groups is 1. The smallest absolute Gasteiger partial charge is 0.257 e. The van der Waals surface area contributed by atoms with Crippen LogP contribution in [0.1, 0.15) is 10.4 Å². The van der Waals surface area contributed by atoms with E-state index in [4.69, 9.17) is 17.3 Å². The number of benzene rings is 1. The van der Waals surface area contributed by atoms with Crippen molar-refractivity contribution in [3.05, 3.63) is 51.7 Å². The Bertz CT molecular complexity index is 586. The van der Waals surface area contributed by atoms with E-state index < -0.39 is 0 Å². The summed E-state index contributed by atoms with van der Waals surface area (Å²) < 4.78 is 0.937. The van der Waals surface area contributed by atoms with E-state index in [1.807, 2.05) is 12.1 Å². The molecule has 18 heavy (non-hydrogen) atoms. The molecule has 0 fully saturated rings. The SMILES string of the molecule is Nc1cnc(Cl)cc1C(=O)Nc1ccc(Br)cc1. The molecule has 3 N–H and O–H groups in total. The first-order chi connectivity index (χ1) is 8.56. The van der Waals surface area contributed by atoms with Gasteiger partial charge in [0.25, 0.3) is 5.91 Å². The number of halogens is 2. The van der Waals surface area contributed by atoms with E-state index in [2.05, 4.69) is 26.2 Å². The van der Waals surface area contributed by atoms with Gasteiger partial charge in [0, 0.05) is 10.2 Å². The number of carbonyl (C=O) groups excluding carboxylic acids is 1. The summed E-state index contributed by atoms with van der Waals surface area (Å²) in [6.07, 6.45) is 1.36. The quantitative estimate of drug-likeness (QED) is 0.832. The lowest BCUT2D eigenvalue weighted by atomic mass is 10.2. The molecule has 4 nitrogen and oxygen atoms in total. The Morgan fingerprint density at radius 2 is 2.00 bits per heavy atom. The average molecular weight is 327 g/mol. The van der Waals surface area contributed by atoms with Gasteiger partial charge in [0.2, 0.25) is 0 Å². The van der Waals surface area contributed by atoms with Gasteiger partial charge < -0.3 is 11.1 Å². The molecule has 0 unspecified atom stereocenters. The van der Waals surface area contributed by atoms with Gasteiger partial charge in [-0.2, -0.15) is 0 Å². The molecule has 92 valence electrons. The number of pyridine rings is 1. The Labute approximate surface area is 117 Å². The van der Waals surface area contributed by atoms with Crippen molar-refractivity contribution in [3.8, 4) is 0 Å². The fraction of sp³-hybridized carbons (Fsp3) is 0. The van der Waals surface area contributed by atoms with E-state index in [1.54, 1.807) is 12.1 Å². The van der Waals surface area contributed by atoms with Gasteiger partial charge in [0.05, 0.1) is 17.4 Å². The molecule has 0 aliphatic heterocycles. The maximum Gasteiger partial charge on any atom is 0.257 e. The normalized spacial score (nSPS) is 10.1. The predicted molar refractivity (Wildman–Crippen MR) is 75.8 cm³/mol. The van der Waals surface area contributed by atoms with Gasteiger partial charge in [-0.15, -0.1) is 0 Å². The van der Waals surface area contributed by atoms with Gasteiger partial charge in [0.1, 0.15) is 5.15 Å². The molecule has 0 spiro atoms. The predicted octanol–water partition coefficient (Wildman–Crippen LogP) is 3.33. The molecule has 2 rings (SSSR count). The van der Waals surface area contributed by atoms with E-state index in [0.29, 0.717) is 11.3 Å². The topological polar surface area (TPSA) is 68.0 Å². The molecular weight excluding hydrogens is 318 g/mol. The minimum Gasteiger partial charge on any atom is -0.397 e. The highest BCUT2D eigenvalue weighted by Gasteiger charge is 2.11. The number of anilines is 2. The molecule has 6 heteroatoms. The van der Waals surface area contributed by atoms with Crippen LogP contribution >= 0.6 is 27.5 Å². The zero-order valence-electron chi connectivity index (χ0n) is 9.15. The minimum absolute atomic E-state index is 0.227. The van der Waals surface area contributed by atoms with Gasteiger partial charge in [-0.3, -0.25) is 4.79 Å². The standard InChI is InChI=1S/C12H9BrClN3O/c13-7-1-3-8(4-2-7)17-12(18)9-5-11(14)16-6-10(9)15/h1-6H,15H2,(H,17,18). The highest BCUT2D eigenvalue weighted by molar-refractivity contribution is 9.10. The van der Waals surface area contributed by atoms with E-state index in [0.717, 1.165) is 4.47 Å². The van der Waals surface area contributed by atoms with Crippen molar-refractivity contribution in [3.63, 3.8) is 0 Å². The molecule has 0 aliphatic carbocycles. The lowest BCUT2D eigenvalue weighted by Gasteiger charge is -2.07. The lowest BCUT2D eigenvalue weighted by Crippen LogP contribution is -2.14. The summed E-state index contributed by atoms with van der Waals surface area (Å²) in [6, 6.07) is 8.66. The van der Waals surface area contributed by atoms with E-state index >= 15 is 0 Å². The van der Waals surface area contributed by atoms with Gasteiger partial charge in [-0.05, 0) is 30.3 Å². The maximum atomic E-state index is 12.0. The summed E-state index contributed by atoms with van der Waals surface area (Å²) in [4.78, 5) is 15.8. The van der Waals surface area contributed by atoms with Gasteiger partial charge in [-0.1, -0.05) is 27.5 Å². The van der Waals surface area contributed by atoms with Crippen LogP contribution in [0, 0.1) is 0 Å². The monoisotopic (exact) mass is 325 g/mol. The molecule has 0 aliphatic rings. The number of rotatable bonds is 2. The van der Waals surface area contributed by atoms with Crippen LogP contribution in [0.4, 0.5) is 11.4 Å². The van der Waals surface area contributed by atoms with Crippen molar-refractivity contribution < 1.29 is 4.79 Å². The van der Waals surface area contributed by atoms with Crippen LogP contribution in [0.2, 0.25) is 5.15 Å². The fourth-order valence-corrected chi connectivity index (χ4v) is 1.79. The number of nitrogens with one attached hydrogen (secondary N) is 1. The van der Waals surface area contributed by atoms with Crippen LogP contribution in [0.15, 0.2) is 41.0 Å². The van der Waals surface area contributed by atoms with E-state index in [-0.39, 0.29) is 16.7 Å². The first-order valence-corrected chi connectivity index (χ1v) is 6.21. The molecular formula is C12H9BrClN3O. The van der Waals surface area contributed by atoms with Crippen molar-refractivity contribution >= 4 is 44.8 Å². The summed E-state index contributed by atoms with van der Waals surface area (Å²) in [5, 5.41) is 2.95. The summed E-state index contributed by atoms with van der Waals surface area (Å²) in [7, 11) is 0. The largest absolute Gasteiger partial charge is 0.397 e. The number of hydrogen-bond donors (Lipinski definition) is 2. The van der Waals surface area contributed by atoms with Crippen LogP contribution < -0.4 is 11.1 Å². The molecule has 2 aromatic rings. The number of nitrogens with two attached hydrogens (primary N) is 1. The highest BCUT2D eigenvalue weighted by atomic mass is 79.9. The van der Waals surface area contributed by atoms with Gasteiger partial charge >= 0.3 is 0 Å². The van der Waals surface area contributed by atoms with Crippen LogP contribution in [0.5, 0.6) is 0 Å². The van der Waals surface area contributed by atoms with Crippen molar-refractivity contribution in [2.24, 2.45) is 0 Å². The third-order valence-corrected chi connectivity index (χ3v) is 2.98. The zero-order valence-corrected chi connectivity index (χ0v) is 11.5. The van der Waals surface area contributed by atoms with Crippen LogP contribution in [-0.4, -0.2) is 10.9 Å². The van der Waals surface area contributed by atoms with Crippen molar-refractivity contribution in [1.82, 2.24) is 4.98 Å². The second-order valence-corrected chi connectivity index (χ2v) is 4.86. The van der Waals surface area contributed by atoms with Crippen molar-refractivity contribution in [1.29, 1.82) is 0 Å². The summed E-state index contributed by atoms with van der Waals surface area (Å²) in [5.74, 6) is -0.320. The lowest BCUT2D eigenvalue weighted by molar-refractivity contribution is 0.102. The van der Waals surface area contributed by atoms with Crippen LogP contribution in [0.25, 0.3) is 0 Å². The van der Waals surface area contributed by atoms with Crippen molar-refractivity contribution in [2.75, 3.05) is 11.1 Å². The third-order valence-electron chi connectivity index (χ3n) is 2.25. The van der Waals surface area contributed by atoms with Gasteiger partial charge in [-0.25, -0.2) is 4.98 Å². The number of amides is 1. The first kappa shape index (κ1) is 12.9. The number of aromatic nitrogens is 1.